The second-order valence-corrected chi connectivity index (χ2v) is 9.04. The van der Waals surface area contributed by atoms with Crippen LogP contribution in [0.1, 0.15) is 43.6 Å². The van der Waals surface area contributed by atoms with E-state index < -0.39 is 0 Å². The maximum absolute atomic E-state index is 12.7. The molecule has 2 aromatic rings. The number of rotatable bonds is 7. The number of hydrogen-bond acceptors (Lipinski definition) is 3. The molecule has 4 nitrogen and oxygen atoms in total. The minimum absolute atomic E-state index is 0.0563. The number of nitrogens with one attached hydrogen (secondary N) is 1. The SMILES string of the molecule is CCN(CC(=O)NC(C)(C)C)C(=O)c1ccc(CSc2ccc(Cl)cc2)cc1. The third-order valence-corrected chi connectivity index (χ3v) is 5.27. The van der Waals surface area contributed by atoms with Gasteiger partial charge in [-0.05, 0) is 69.7 Å². The number of likely N-dealkylation sites (N-methyl/N-ethyl adjacent to an activating group) is 1. The highest BCUT2D eigenvalue weighted by molar-refractivity contribution is 7.98. The predicted octanol–water partition coefficient (Wildman–Crippen LogP) is 5.01. The van der Waals surface area contributed by atoms with Gasteiger partial charge in [-0.15, -0.1) is 11.8 Å². The lowest BCUT2D eigenvalue weighted by Crippen LogP contribution is -2.47. The third-order valence-electron chi connectivity index (χ3n) is 3.94. The predicted molar refractivity (Wildman–Crippen MR) is 117 cm³/mol. The molecule has 0 aliphatic heterocycles. The Balaban J connectivity index is 1.95. The number of carbonyl (C=O) groups excluding carboxylic acids is 2. The Hall–Kier alpha value is -1.98. The van der Waals surface area contributed by atoms with Crippen LogP contribution in [0.5, 0.6) is 0 Å². The molecule has 2 amide bonds. The van der Waals surface area contributed by atoms with E-state index in [0.29, 0.717) is 12.1 Å². The first-order chi connectivity index (χ1) is 13.2. The number of halogens is 1. The van der Waals surface area contributed by atoms with Crippen LogP contribution in [0.3, 0.4) is 0 Å². The van der Waals surface area contributed by atoms with Gasteiger partial charge < -0.3 is 10.2 Å². The van der Waals surface area contributed by atoms with E-state index in [0.717, 1.165) is 21.2 Å². The van der Waals surface area contributed by atoms with Gasteiger partial charge in [0, 0.05) is 33.3 Å². The van der Waals surface area contributed by atoms with Gasteiger partial charge in [0.15, 0.2) is 0 Å². The molecule has 0 radical (unpaired) electrons. The summed E-state index contributed by atoms with van der Waals surface area (Å²) < 4.78 is 0. The first-order valence-corrected chi connectivity index (χ1v) is 10.6. The van der Waals surface area contributed by atoms with Crippen LogP contribution in [-0.2, 0) is 10.5 Å². The highest BCUT2D eigenvalue weighted by atomic mass is 35.5. The largest absolute Gasteiger partial charge is 0.350 e. The van der Waals surface area contributed by atoms with E-state index in [-0.39, 0.29) is 23.9 Å². The van der Waals surface area contributed by atoms with Crippen molar-refractivity contribution in [3.63, 3.8) is 0 Å². The van der Waals surface area contributed by atoms with Gasteiger partial charge in [0.1, 0.15) is 0 Å². The molecule has 0 saturated heterocycles. The topological polar surface area (TPSA) is 49.4 Å². The van der Waals surface area contributed by atoms with Crippen LogP contribution in [0.25, 0.3) is 0 Å². The zero-order chi connectivity index (χ0) is 20.7. The molecule has 150 valence electrons. The maximum Gasteiger partial charge on any atom is 0.254 e. The number of thioether (sulfide) groups is 1. The Morgan fingerprint density at radius 1 is 1.04 bits per heavy atom. The molecule has 0 heterocycles. The normalized spacial score (nSPS) is 11.2. The van der Waals surface area contributed by atoms with Crippen molar-refractivity contribution in [3.05, 3.63) is 64.7 Å². The zero-order valence-corrected chi connectivity index (χ0v) is 18.4. The lowest BCUT2D eigenvalue weighted by atomic mass is 10.1. The second kappa shape index (κ2) is 9.99. The highest BCUT2D eigenvalue weighted by Crippen LogP contribution is 2.24. The fourth-order valence-electron chi connectivity index (χ4n) is 2.58. The first-order valence-electron chi connectivity index (χ1n) is 9.25. The summed E-state index contributed by atoms with van der Waals surface area (Å²) in [6.07, 6.45) is 0. The van der Waals surface area contributed by atoms with Crippen LogP contribution in [0.4, 0.5) is 0 Å². The monoisotopic (exact) mass is 418 g/mol. The Kier molecular flexibility index (Phi) is 7.96. The molecule has 0 aliphatic carbocycles. The van der Waals surface area contributed by atoms with Crippen LogP contribution >= 0.6 is 23.4 Å². The Morgan fingerprint density at radius 3 is 2.18 bits per heavy atom. The van der Waals surface area contributed by atoms with Crippen molar-refractivity contribution in [1.29, 1.82) is 0 Å². The van der Waals surface area contributed by atoms with Crippen LogP contribution in [0.15, 0.2) is 53.4 Å². The quantitative estimate of drug-likeness (QED) is 0.643. The number of carbonyl (C=O) groups is 2. The van der Waals surface area contributed by atoms with Crippen molar-refractivity contribution in [1.82, 2.24) is 10.2 Å². The van der Waals surface area contributed by atoms with Crippen molar-refractivity contribution in [3.8, 4) is 0 Å². The fraction of sp³-hybridized carbons (Fsp3) is 0.364. The molecule has 0 bridgehead atoms. The molecule has 28 heavy (non-hydrogen) atoms. The third kappa shape index (κ3) is 7.21. The fourth-order valence-corrected chi connectivity index (χ4v) is 3.56. The molecular weight excluding hydrogens is 392 g/mol. The van der Waals surface area contributed by atoms with Gasteiger partial charge in [0.2, 0.25) is 5.91 Å². The van der Waals surface area contributed by atoms with Crippen LogP contribution in [0.2, 0.25) is 5.02 Å². The summed E-state index contributed by atoms with van der Waals surface area (Å²) in [4.78, 5) is 27.6. The minimum Gasteiger partial charge on any atom is -0.350 e. The van der Waals surface area contributed by atoms with Gasteiger partial charge in [-0.25, -0.2) is 0 Å². The summed E-state index contributed by atoms with van der Waals surface area (Å²) in [6.45, 7) is 8.17. The Labute approximate surface area is 176 Å². The average Bonchev–Trinajstić information content (AvgIpc) is 2.64. The molecule has 0 aliphatic rings. The van der Waals surface area contributed by atoms with E-state index in [1.54, 1.807) is 16.7 Å². The second-order valence-electron chi connectivity index (χ2n) is 7.56. The van der Waals surface area contributed by atoms with Crippen LogP contribution in [0, 0.1) is 0 Å². The van der Waals surface area contributed by atoms with Crippen molar-refractivity contribution in [2.45, 2.75) is 43.9 Å². The minimum atomic E-state index is -0.317. The van der Waals surface area contributed by atoms with E-state index in [9.17, 15) is 9.59 Å². The van der Waals surface area contributed by atoms with Gasteiger partial charge in [-0.1, -0.05) is 23.7 Å². The van der Waals surface area contributed by atoms with Gasteiger partial charge in [0.05, 0.1) is 6.54 Å². The summed E-state index contributed by atoms with van der Waals surface area (Å²) >= 11 is 7.62. The Morgan fingerprint density at radius 2 is 1.64 bits per heavy atom. The molecule has 6 heteroatoms. The standard InChI is InChI=1S/C22H27ClN2O2S/c1-5-25(14-20(26)24-22(2,3)4)21(27)17-8-6-16(7-9-17)15-28-19-12-10-18(23)11-13-19/h6-13H,5,14-15H2,1-4H3,(H,24,26). The van der Waals surface area contributed by atoms with E-state index in [2.05, 4.69) is 5.32 Å². The lowest BCUT2D eigenvalue weighted by molar-refractivity contribution is -0.123. The number of nitrogens with zero attached hydrogens (tertiary/aromatic N) is 1. The van der Waals surface area contributed by atoms with Crippen molar-refractivity contribution in [2.75, 3.05) is 13.1 Å². The molecule has 0 aromatic heterocycles. The average molecular weight is 419 g/mol. The summed E-state index contributed by atoms with van der Waals surface area (Å²) in [5, 5.41) is 3.62. The van der Waals surface area contributed by atoms with Gasteiger partial charge in [-0.3, -0.25) is 9.59 Å². The number of benzene rings is 2. The molecule has 0 spiro atoms. The molecule has 2 rings (SSSR count). The van der Waals surface area contributed by atoms with Crippen LogP contribution in [-0.4, -0.2) is 35.3 Å². The maximum atomic E-state index is 12.7. The van der Waals surface area contributed by atoms with E-state index in [1.807, 2.05) is 76.2 Å². The summed E-state index contributed by atoms with van der Waals surface area (Å²) in [5.41, 5.74) is 1.40. The van der Waals surface area contributed by atoms with Gasteiger partial charge in [-0.2, -0.15) is 0 Å². The Bertz CT molecular complexity index is 799. The molecular formula is C22H27ClN2O2S. The van der Waals surface area contributed by atoms with E-state index in [4.69, 9.17) is 11.6 Å². The van der Waals surface area contributed by atoms with Gasteiger partial charge >= 0.3 is 0 Å². The number of hydrogen-bond donors (Lipinski definition) is 1. The summed E-state index contributed by atoms with van der Waals surface area (Å²) in [5.74, 6) is 0.517. The first kappa shape index (κ1) is 22.3. The molecule has 0 unspecified atom stereocenters. The molecule has 0 saturated carbocycles. The van der Waals surface area contributed by atoms with Crippen molar-refractivity contribution >= 4 is 35.2 Å². The lowest BCUT2D eigenvalue weighted by Gasteiger charge is -2.25. The molecule has 0 atom stereocenters. The molecule has 1 N–H and O–H groups in total. The van der Waals surface area contributed by atoms with E-state index >= 15 is 0 Å². The summed E-state index contributed by atoms with van der Waals surface area (Å²) in [6, 6.07) is 15.3. The highest BCUT2D eigenvalue weighted by Gasteiger charge is 2.20. The van der Waals surface area contributed by atoms with Crippen molar-refractivity contribution in [2.24, 2.45) is 0 Å². The molecule has 2 aromatic carbocycles. The zero-order valence-electron chi connectivity index (χ0n) is 16.8. The number of amides is 2. The summed E-state index contributed by atoms with van der Waals surface area (Å²) in [7, 11) is 0. The van der Waals surface area contributed by atoms with Crippen LogP contribution < -0.4 is 5.32 Å². The molecule has 0 fully saturated rings. The van der Waals surface area contributed by atoms with Crippen molar-refractivity contribution < 1.29 is 9.59 Å². The van der Waals surface area contributed by atoms with Gasteiger partial charge in [0.25, 0.3) is 5.91 Å². The van der Waals surface area contributed by atoms with E-state index in [1.165, 1.54) is 0 Å². The smallest absolute Gasteiger partial charge is 0.254 e.